The standard InChI is InChI=1S/C15H19ClFN3O3S/c1-4-20(8-14-18-15(10(2)3)19-23-14)24(21,22)9-11-7-12(17)5-6-13(11)16/h5-7,10H,4,8-9H2,1-3H3. The maximum absolute atomic E-state index is 13.3. The van der Waals surface area contributed by atoms with Crippen LogP contribution in [0.3, 0.4) is 0 Å². The fraction of sp³-hybridized carbons (Fsp3) is 0.467. The molecule has 0 aliphatic heterocycles. The summed E-state index contributed by atoms with van der Waals surface area (Å²) in [6, 6.07) is 3.64. The van der Waals surface area contributed by atoms with Gasteiger partial charge in [0.15, 0.2) is 5.82 Å². The molecule has 1 heterocycles. The number of halogens is 2. The quantitative estimate of drug-likeness (QED) is 0.741. The first kappa shape index (κ1) is 18.8. The molecule has 0 fully saturated rings. The van der Waals surface area contributed by atoms with Crippen molar-refractivity contribution in [3.63, 3.8) is 0 Å². The minimum Gasteiger partial charge on any atom is -0.338 e. The van der Waals surface area contributed by atoms with Crippen molar-refractivity contribution < 1.29 is 17.3 Å². The fourth-order valence-corrected chi connectivity index (χ4v) is 3.84. The van der Waals surface area contributed by atoms with Crippen LogP contribution in [0.4, 0.5) is 4.39 Å². The second-order valence-corrected chi connectivity index (χ2v) is 8.00. The lowest BCUT2D eigenvalue weighted by Crippen LogP contribution is -2.31. The van der Waals surface area contributed by atoms with Gasteiger partial charge in [-0.25, -0.2) is 12.8 Å². The third-order valence-corrected chi connectivity index (χ3v) is 5.62. The normalized spacial score (nSPS) is 12.3. The van der Waals surface area contributed by atoms with Crippen molar-refractivity contribution in [2.45, 2.75) is 39.0 Å². The molecular weight excluding hydrogens is 357 g/mol. The van der Waals surface area contributed by atoms with E-state index >= 15 is 0 Å². The molecule has 0 saturated heterocycles. The van der Waals surface area contributed by atoms with Gasteiger partial charge in [-0.1, -0.05) is 37.5 Å². The molecule has 0 N–H and O–H groups in total. The highest BCUT2D eigenvalue weighted by molar-refractivity contribution is 7.88. The Morgan fingerprint density at radius 3 is 2.67 bits per heavy atom. The Kier molecular flexibility index (Phi) is 5.95. The van der Waals surface area contributed by atoms with Gasteiger partial charge in [0.1, 0.15) is 5.82 Å². The fourth-order valence-electron chi connectivity index (χ4n) is 2.07. The highest BCUT2D eigenvalue weighted by Gasteiger charge is 2.25. The summed E-state index contributed by atoms with van der Waals surface area (Å²) >= 11 is 5.96. The Labute approximate surface area is 145 Å². The van der Waals surface area contributed by atoms with E-state index in [0.717, 1.165) is 6.07 Å². The van der Waals surface area contributed by atoms with E-state index in [1.54, 1.807) is 6.92 Å². The minimum atomic E-state index is -3.72. The molecule has 0 spiro atoms. The van der Waals surface area contributed by atoms with Gasteiger partial charge in [0.2, 0.25) is 15.9 Å². The smallest absolute Gasteiger partial charge is 0.241 e. The van der Waals surface area contributed by atoms with Gasteiger partial charge in [-0.15, -0.1) is 0 Å². The first-order valence-electron chi connectivity index (χ1n) is 7.47. The molecule has 132 valence electrons. The van der Waals surface area contributed by atoms with E-state index in [1.165, 1.54) is 16.4 Å². The highest BCUT2D eigenvalue weighted by Crippen LogP contribution is 2.22. The molecule has 2 aromatic rings. The lowest BCUT2D eigenvalue weighted by molar-refractivity contribution is 0.318. The molecule has 2 rings (SSSR count). The van der Waals surface area contributed by atoms with Gasteiger partial charge < -0.3 is 4.52 Å². The Hall–Kier alpha value is -1.51. The zero-order valence-corrected chi connectivity index (χ0v) is 15.2. The van der Waals surface area contributed by atoms with Crippen LogP contribution < -0.4 is 0 Å². The molecule has 1 aromatic carbocycles. The van der Waals surface area contributed by atoms with Crippen molar-refractivity contribution in [2.24, 2.45) is 0 Å². The lowest BCUT2D eigenvalue weighted by Gasteiger charge is -2.19. The van der Waals surface area contributed by atoms with Crippen LogP contribution in [0.1, 0.15) is 44.0 Å². The predicted molar refractivity (Wildman–Crippen MR) is 88.5 cm³/mol. The van der Waals surface area contributed by atoms with E-state index in [1.807, 2.05) is 13.8 Å². The first-order valence-corrected chi connectivity index (χ1v) is 9.46. The number of hydrogen-bond donors (Lipinski definition) is 0. The van der Waals surface area contributed by atoms with Crippen LogP contribution in [0.15, 0.2) is 22.7 Å². The number of hydrogen-bond acceptors (Lipinski definition) is 5. The molecule has 0 amide bonds. The largest absolute Gasteiger partial charge is 0.338 e. The summed E-state index contributed by atoms with van der Waals surface area (Å²) in [4.78, 5) is 4.18. The maximum Gasteiger partial charge on any atom is 0.241 e. The maximum atomic E-state index is 13.3. The molecule has 0 unspecified atom stereocenters. The Balaban J connectivity index is 2.19. The van der Waals surface area contributed by atoms with Crippen LogP contribution in [-0.4, -0.2) is 29.4 Å². The first-order chi connectivity index (χ1) is 11.2. The van der Waals surface area contributed by atoms with E-state index in [9.17, 15) is 12.8 Å². The topological polar surface area (TPSA) is 76.3 Å². The molecule has 0 radical (unpaired) electrons. The molecule has 9 heteroatoms. The Morgan fingerprint density at radius 1 is 1.38 bits per heavy atom. The van der Waals surface area contributed by atoms with Crippen LogP contribution >= 0.6 is 11.6 Å². The summed E-state index contributed by atoms with van der Waals surface area (Å²) in [7, 11) is -3.72. The number of nitrogens with zero attached hydrogens (tertiary/aromatic N) is 3. The molecule has 1 aromatic heterocycles. The monoisotopic (exact) mass is 375 g/mol. The van der Waals surface area contributed by atoms with Crippen LogP contribution in [0.5, 0.6) is 0 Å². The van der Waals surface area contributed by atoms with Crippen molar-refractivity contribution in [3.05, 3.63) is 46.3 Å². The second kappa shape index (κ2) is 7.58. The molecule has 0 bridgehead atoms. The minimum absolute atomic E-state index is 0.0362. The van der Waals surface area contributed by atoms with Crippen LogP contribution in [0, 0.1) is 5.82 Å². The molecule has 24 heavy (non-hydrogen) atoms. The number of sulfonamides is 1. The van der Waals surface area contributed by atoms with E-state index in [-0.39, 0.29) is 35.5 Å². The van der Waals surface area contributed by atoms with E-state index < -0.39 is 21.6 Å². The van der Waals surface area contributed by atoms with Crippen molar-refractivity contribution in [3.8, 4) is 0 Å². The SMILES string of the molecule is CCN(Cc1nc(C(C)C)no1)S(=O)(=O)Cc1cc(F)ccc1Cl. The van der Waals surface area contributed by atoms with Crippen LogP contribution in [0.2, 0.25) is 5.02 Å². The van der Waals surface area contributed by atoms with E-state index in [2.05, 4.69) is 10.1 Å². The average Bonchev–Trinajstić information content (AvgIpc) is 2.97. The molecule has 0 saturated carbocycles. The molecular formula is C15H19ClFN3O3S. The van der Waals surface area contributed by atoms with E-state index in [0.29, 0.717) is 5.82 Å². The van der Waals surface area contributed by atoms with Crippen LogP contribution in [-0.2, 0) is 22.3 Å². The summed E-state index contributed by atoms with van der Waals surface area (Å²) in [5.74, 6) is -0.115. The zero-order valence-electron chi connectivity index (χ0n) is 13.7. The molecule has 0 aliphatic rings. The summed E-state index contributed by atoms with van der Waals surface area (Å²) in [6.45, 7) is 5.70. The van der Waals surface area contributed by atoms with Crippen molar-refractivity contribution in [1.29, 1.82) is 0 Å². The van der Waals surface area contributed by atoms with Gasteiger partial charge in [0.25, 0.3) is 0 Å². The van der Waals surface area contributed by atoms with Gasteiger partial charge in [0.05, 0.1) is 12.3 Å². The van der Waals surface area contributed by atoms with Crippen molar-refractivity contribution in [2.75, 3.05) is 6.54 Å². The van der Waals surface area contributed by atoms with E-state index in [4.69, 9.17) is 16.1 Å². The Bertz CT molecular complexity index is 808. The Morgan fingerprint density at radius 2 is 2.08 bits per heavy atom. The molecule has 6 nitrogen and oxygen atoms in total. The third-order valence-electron chi connectivity index (χ3n) is 3.40. The van der Waals surface area contributed by atoms with Gasteiger partial charge in [-0.3, -0.25) is 0 Å². The van der Waals surface area contributed by atoms with Gasteiger partial charge in [0, 0.05) is 17.5 Å². The highest BCUT2D eigenvalue weighted by atomic mass is 35.5. The van der Waals surface area contributed by atoms with Crippen LogP contribution in [0.25, 0.3) is 0 Å². The number of rotatable bonds is 7. The van der Waals surface area contributed by atoms with Crippen molar-refractivity contribution >= 4 is 21.6 Å². The average molecular weight is 376 g/mol. The predicted octanol–water partition coefficient (Wildman–Crippen LogP) is 3.34. The van der Waals surface area contributed by atoms with Gasteiger partial charge in [-0.05, 0) is 23.8 Å². The second-order valence-electron chi connectivity index (χ2n) is 5.62. The third kappa shape index (κ3) is 4.52. The summed E-state index contributed by atoms with van der Waals surface area (Å²) in [6.07, 6.45) is 0. The number of aromatic nitrogens is 2. The zero-order chi connectivity index (χ0) is 17.9. The molecule has 0 aliphatic carbocycles. The van der Waals surface area contributed by atoms with Crippen molar-refractivity contribution in [1.82, 2.24) is 14.4 Å². The summed E-state index contributed by atoms with van der Waals surface area (Å²) in [5, 5.41) is 4.02. The van der Waals surface area contributed by atoms with Gasteiger partial charge in [-0.2, -0.15) is 9.29 Å². The summed E-state index contributed by atoms with van der Waals surface area (Å²) < 4.78 is 44.8. The number of benzene rings is 1. The van der Waals surface area contributed by atoms with Gasteiger partial charge >= 0.3 is 0 Å². The lowest BCUT2D eigenvalue weighted by atomic mass is 10.2. The molecule has 0 atom stereocenters. The summed E-state index contributed by atoms with van der Waals surface area (Å²) in [5.41, 5.74) is 0.212.